The fraction of sp³-hybridized carbons (Fsp3) is 0.360. The van der Waals surface area contributed by atoms with E-state index in [1.807, 2.05) is 43.3 Å². The van der Waals surface area contributed by atoms with E-state index in [1.165, 1.54) is 18.2 Å². The van der Waals surface area contributed by atoms with E-state index >= 15 is 0 Å². The molecule has 4 rings (SSSR count). The van der Waals surface area contributed by atoms with Crippen LogP contribution in [0, 0.1) is 0 Å². The number of carbonyl (C=O) groups is 1. The summed E-state index contributed by atoms with van der Waals surface area (Å²) in [5.41, 5.74) is 1.47. The SMILES string of the molecule is CCC(Sc1ccc2ccccc2n1)C(=O)Nc1ccc(S(=O)(=O)NC2CCCCC2)cc1. The fourth-order valence-corrected chi connectivity index (χ4v) is 6.26. The lowest BCUT2D eigenvalue weighted by Gasteiger charge is -2.22. The molecule has 1 atom stereocenters. The number of carbonyl (C=O) groups excluding carboxylic acids is 1. The zero-order valence-corrected chi connectivity index (χ0v) is 20.3. The molecule has 1 aromatic heterocycles. The van der Waals surface area contributed by atoms with Gasteiger partial charge >= 0.3 is 0 Å². The second-order valence-corrected chi connectivity index (χ2v) is 11.3. The molecule has 1 heterocycles. The van der Waals surface area contributed by atoms with Gasteiger partial charge in [-0.25, -0.2) is 18.1 Å². The Balaban J connectivity index is 1.39. The highest BCUT2D eigenvalue weighted by molar-refractivity contribution is 8.00. The molecule has 1 saturated carbocycles. The molecule has 33 heavy (non-hydrogen) atoms. The summed E-state index contributed by atoms with van der Waals surface area (Å²) in [7, 11) is -3.56. The Kier molecular flexibility index (Phi) is 7.67. The van der Waals surface area contributed by atoms with E-state index in [4.69, 9.17) is 0 Å². The average Bonchev–Trinajstić information content (AvgIpc) is 2.83. The summed E-state index contributed by atoms with van der Waals surface area (Å²) >= 11 is 1.43. The van der Waals surface area contributed by atoms with Gasteiger partial charge < -0.3 is 5.32 Å². The lowest BCUT2D eigenvalue weighted by molar-refractivity contribution is -0.115. The van der Waals surface area contributed by atoms with Gasteiger partial charge in [0.25, 0.3) is 0 Å². The smallest absolute Gasteiger partial charge is 0.240 e. The van der Waals surface area contributed by atoms with Crippen molar-refractivity contribution in [3.05, 3.63) is 60.7 Å². The number of nitrogens with one attached hydrogen (secondary N) is 2. The molecule has 1 amide bonds. The lowest BCUT2D eigenvalue weighted by Crippen LogP contribution is -2.36. The van der Waals surface area contributed by atoms with Crippen molar-refractivity contribution in [3.63, 3.8) is 0 Å². The predicted octanol–water partition coefficient (Wildman–Crippen LogP) is 5.36. The van der Waals surface area contributed by atoms with Crippen LogP contribution in [0.4, 0.5) is 5.69 Å². The van der Waals surface area contributed by atoms with Crippen LogP contribution in [0.2, 0.25) is 0 Å². The first-order chi connectivity index (χ1) is 15.9. The number of anilines is 1. The van der Waals surface area contributed by atoms with Crippen molar-refractivity contribution < 1.29 is 13.2 Å². The first-order valence-electron chi connectivity index (χ1n) is 11.4. The zero-order valence-electron chi connectivity index (χ0n) is 18.7. The lowest BCUT2D eigenvalue weighted by atomic mass is 9.96. The van der Waals surface area contributed by atoms with Crippen LogP contribution in [0.3, 0.4) is 0 Å². The molecule has 0 saturated heterocycles. The molecular formula is C25H29N3O3S2. The normalized spacial score (nSPS) is 15.9. The minimum absolute atomic E-state index is 0.00850. The molecule has 0 aliphatic heterocycles. The first kappa shape index (κ1) is 23.7. The maximum Gasteiger partial charge on any atom is 0.240 e. The van der Waals surface area contributed by atoms with Crippen molar-refractivity contribution in [1.82, 2.24) is 9.71 Å². The van der Waals surface area contributed by atoms with Crippen LogP contribution in [-0.2, 0) is 14.8 Å². The van der Waals surface area contributed by atoms with Gasteiger partial charge in [-0.15, -0.1) is 0 Å². The number of pyridine rings is 1. The molecule has 1 fully saturated rings. The quantitative estimate of drug-likeness (QED) is 0.421. The van der Waals surface area contributed by atoms with Crippen LogP contribution in [0.1, 0.15) is 45.4 Å². The summed E-state index contributed by atoms with van der Waals surface area (Å²) < 4.78 is 28.2. The van der Waals surface area contributed by atoms with E-state index < -0.39 is 10.0 Å². The van der Waals surface area contributed by atoms with Crippen LogP contribution >= 0.6 is 11.8 Å². The van der Waals surface area contributed by atoms with Gasteiger partial charge in [-0.2, -0.15) is 0 Å². The largest absolute Gasteiger partial charge is 0.325 e. The Morgan fingerprint density at radius 2 is 1.76 bits per heavy atom. The third kappa shape index (κ3) is 6.13. The number of hydrogen-bond donors (Lipinski definition) is 2. The molecule has 1 unspecified atom stereocenters. The number of para-hydroxylation sites is 1. The molecule has 0 bridgehead atoms. The van der Waals surface area contributed by atoms with Gasteiger partial charge in [-0.3, -0.25) is 4.79 Å². The highest BCUT2D eigenvalue weighted by Crippen LogP contribution is 2.27. The maximum absolute atomic E-state index is 12.9. The minimum Gasteiger partial charge on any atom is -0.325 e. The third-order valence-corrected chi connectivity index (χ3v) is 8.70. The van der Waals surface area contributed by atoms with Crippen LogP contribution in [0.25, 0.3) is 10.9 Å². The van der Waals surface area contributed by atoms with Gasteiger partial charge in [0.15, 0.2) is 0 Å². The summed E-state index contributed by atoms with van der Waals surface area (Å²) in [4.78, 5) is 17.7. The summed E-state index contributed by atoms with van der Waals surface area (Å²) in [6.07, 6.45) is 5.70. The topological polar surface area (TPSA) is 88.2 Å². The standard InChI is InChI=1S/C25H29N3O3S2/c1-2-23(32-24-17-12-18-8-6-7-11-22(18)27-24)25(29)26-19-13-15-21(16-14-19)33(30,31)28-20-9-4-3-5-10-20/h6-8,11-17,20,23,28H,2-5,9-10H2,1H3,(H,26,29). The van der Waals surface area contributed by atoms with E-state index in [1.54, 1.807) is 24.3 Å². The Bertz CT molecular complexity index is 1210. The van der Waals surface area contributed by atoms with E-state index in [9.17, 15) is 13.2 Å². The summed E-state index contributed by atoms with van der Waals surface area (Å²) in [6.45, 7) is 1.96. The molecule has 2 aromatic carbocycles. The van der Waals surface area contributed by atoms with Crippen LogP contribution in [-0.4, -0.2) is 30.6 Å². The van der Waals surface area contributed by atoms with Crippen molar-refractivity contribution in [2.75, 3.05) is 5.32 Å². The Hall–Kier alpha value is -2.42. The number of sulfonamides is 1. The third-order valence-electron chi connectivity index (χ3n) is 5.86. The van der Waals surface area contributed by atoms with Gasteiger partial charge in [-0.1, -0.05) is 62.2 Å². The number of thioether (sulfide) groups is 1. The minimum atomic E-state index is -3.56. The molecule has 3 aromatic rings. The van der Waals surface area contributed by atoms with E-state index in [0.29, 0.717) is 12.1 Å². The van der Waals surface area contributed by atoms with Crippen LogP contribution < -0.4 is 10.0 Å². The number of benzene rings is 2. The second kappa shape index (κ2) is 10.7. The zero-order chi connectivity index (χ0) is 23.3. The molecule has 1 aliphatic rings. The highest BCUT2D eigenvalue weighted by Gasteiger charge is 2.22. The Morgan fingerprint density at radius 3 is 2.48 bits per heavy atom. The Labute approximate surface area is 199 Å². The summed E-state index contributed by atoms with van der Waals surface area (Å²) in [5.74, 6) is -0.131. The van der Waals surface area contributed by atoms with Gasteiger partial charge in [0.1, 0.15) is 0 Å². The van der Waals surface area contributed by atoms with Gasteiger partial charge in [0, 0.05) is 17.1 Å². The van der Waals surface area contributed by atoms with Crippen molar-refractivity contribution in [2.45, 2.75) is 66.7 Å². The van der Waals surface area contributed by atoms with Gasteiger partial charge in [0.2, 0.25) is 15.9 Å². The molecule has 2 N–H and O–H groups in total. The molecule has 8 heteroatoms. The molecular weight excluding hydrogens is 454 g/mol. The van der Waals surface area contributed by atoms with E-state index in [0.717, 1.165) is 41.6 Å². The molecule has 6 nitrogen and oxygen atoms in total. The number of fused-ring (bicyclic) bond motifs is 1. The average molecular weight is 484 g/mol. The monoisotopic (exact) mass is 483 g/mol. The van der Waals surface area contributed by atoms with E-state index in [2.05, 4.69) is 15.0 Å². The first-order valence-corrected chi connectivity index (χ1v) is 13.8. The number of rotatable bonds is 8. The number of hydrogen-bond acceptors (Lipinski definition) is 5. The fourth-order valence-electron chi connectivity index (χ4n) is 4.03. The molecule has 0 spiro atoms. The van der Waals surface area contributed by atoms with Crippen molar-refractivity contribution in [2.24, 2.45) is 0 Å². The van der Waals surface area contributed by atoms with E-state index in [-0.39, 0.29) is 22.1 Å². The number of nitrogens with zero attached hydrogens (tertiary/aromatic N) is 1. The highest BCUT2D eigenvalue weighted by atomic mass is 32.2. The van der Waals surface area contributed by atoms with Crippen molar-refractivity contribution >= 4 is 44.3 Å². The summed E-state index contributed by atoms with van der Waals surface area (Å²) in [5, 5.41) is 4.46. The summed E-state index contributed by atoms with van der Waals surface area (Å²) in [6, 6.07) is 18.2. The molecule has 1 aliphatic carbocycles. The number of amides is 1. The molecule has 0 radical (unpaired) electrons. The number of aromatic nitrogens is 1. The van der Waals surface area contributed by atoms with Gasteiger partial charge in [-0.05, 0) is 55.7 Å². The van der Waals surface area contributed by atoms with Gasteiger partial charge in [0.05, 0.1) is 20.7 Å². The van der Waals surface area contributed by atoms with Crippen molar-refractivity contribution in [1.29, 1.82) is 0 Å². The predicted molar refractivity (Wildman–Crippen MR) is 134 cm³/mol. The molecule has 174 valence electrons. The second-order valence-electron chi connectivity index (χ2n) is 8.33. The van der Waals surface area contributed by atoms with Crippen LogP contribution in [0.15, 0.2) is 70.6 Å². The van der Waals surface area contributed by atoms with Crippen LogP contribution in [0.5, 0.6) is 0 Å². The maximum atomic E-state index is 12.9. The van der Waals surface area contributed by atoms with Crippen molar-refractivity contribution in [3.8, 4) is 0 Å². The Morgan fingerprint density at radius 1 is 1.03 bits per heavy atom.